The van der Waals surface area contributed by atoms with Crippen LogP contribution in [0.25, 0.3) is 0 Å². The molecule has 0 unspecified atom stereocenters. The summed E-state index contributed by atoms with van der Waals surface area (Å²) in [6.07, 6.45) is 3.13. The number of carboxylic acids is 1. The van der Waals surface area contributed by atoms with Crippen LogP contribution in [0.15, 0.2) is 0 Å². The topological polar surface area (TPSA) is 57.6 Å². The molecule has 1 fully saturated rings. The number of hydrogen-bond donors (Lipinski definition) is 1. The van der Waals surface area contributed by atoms with E-state index in [0.29, 0.717) is 6.42 Å². The van der Waals surface area contributed by atoms with Crippen LogP contribution in [0, 0.1) is 11.8 Å². The van der Waals surface area contributed by atoms with Gasteiger partial charge < -0.3 is 10.0 Å². The maximum Gasteiger partial charge on any atom is 0.307 e. The standard InChI is InChI=1S/C13H23NO3/c1-4-8-14(9(2)3)12(15)10-6-5-7-11(10)13(16)17/h9-11H,4-8H2,1-3H3,(H,16,17)/t10-,11+/m1/s1. The number of amides is 1. The first-order chi connectivity index (χ1) is 7.99. The minimum absolute atomic E-state index is 0.0340. The molecular formula is C13H23NO3. The lowest BCUT2D eigenvalue weighted by molar-refractivity contribution is -0.149. The number of rotatable bonds is 5. The van der Waals surface area contributed by atoms with Crippen molar-refractivity contribution in [3.63, 3.8) is 0 Å². The van der Waals surface area contributed by atoms with Gasteiger partial charge in [0.25, 0.3) is 0 Å². The number of nitrogens with zero attached hydrogens (tertiary/aromatic N) is 1. The van der Waals surface area contributed by atoms with Crippen molar-refractivity contribution >= 4 is 11.9 Å². The summed E-state index contributed by atoms with van der Waals surface area (Å²) in [4.78, 5) is 25.3. The summed E-state index contributed by atoms with van der Waals surface area (Å²) in [7, 11) is 0. The molecule has 17 heavy (non-hydrogen) atoms. The molecule has 98 valence electrons. The van der Waals surface area contributed by atoms with Crippen LogP contribution >= 0.6 is 0 Å². The van der Waals surface area contributed by atoms with E-state index in [0.717, 1.165) is 25.8 Å². The molecule has 0 aromatic heterocycles. The van der Waals surface area contributed by atoms with Gasteiger partial charge in [-0.3, -0.25) is 9.59 Å². The molecule has 0 heterocycles. The van der Waals surface area contributed by atoms with Crippen LogP contribution in [0.3, 0.4) is 0 Å². The molecule has 1 rings (SSSR count). The van der Waals surface area contributed by atoms with Crippen molar-refractivity contribution in [2.45, 2.75) is 52.5 Å². The van der Waals surface area contributed by atoms with E-state index in [4.69, 9.17) is 5.11 Å². The fraction of sp³-hybridized carbons (Fsp3) is 0.846. The van der Waals surface area contributed by atoms with Crippen molar-refractivity contribution in [1.29, 1.82) is 0 Å². The van der Waals surface area contributed by atoms with Gasteiger partial charge in [0.1, 0.15) is 0 Å². The minimum Gasteiger partial charge on any atom is -0.481 e. The number of carbonyl (C=O) groups excluding carboxylic acids is 1. The van der Waals surface area contributed by atoms with Gasteiger partial charge in [-0.2, -0.15) is 0 Å². The second-order valence-corrected chi connectivity index (χ2v) is 5.11. The Bertz CT molecular complexity index is 288. The quantitative estimate of drug-likeness (QED) is 0.802. The molecule has 1 amide bonds. The highest BCUT2D eigenvalue weighted by Crippen LogP contribution is 2.33. The lowest BCUT2D eigenvalue weighted by Crippen LogP contribution is -2.43. The molecule has 0 aliphatic heterocycles. The summed E-state index contributed by atoms with van der Waals surface area (Å²) in [5.74, 6) is -1.56. The molecule has 0 spiro atoms. The van der Waals surface area contributed by atoms with Crippen molar-refractivity contribution < 1.29 is 14.7 Å². The molecule has 0 aromatic rings. The largest absolute Gasteiger partial charge is 0.481 e. The van der Waals surface area contributed by atoms with E-state index in [2.05, 4.69) is 0 Å². The van der Waals surface area contributed by atoms with Gasteiger partial charge in [-0.15, -0.1) is 0 Å². The molecule has 0 saturated heterocycles. The van der Waals surface area contributed by atoms with Gasteiger partial charge in [0.15, 0.2) is 0 Å². The summed E-state index contributed by atoms with van der Waals surface area (Å²) in [5, 5.41) is 9.11. The molecule has 4 heteroatoms. The molecular weight excluding hydrogens is 218 g/mol. The highest BCUT2D eigenvalue weighted by molar-refractivity contribution is 5.85. The maximum absolute atomic E-state index is 12.4. The van der Waals surface area contributed by atoms with Gasteiger partial charge in [0, 0.05) is 12.6 Å². The average Bonchev–Trinajstić information content (AvgIpc) is 2.73. The summed E-state index contributed by atoms with van der Waals surface area (Å²) in [5.41, 5.74) is 0. The van der Waals surface area contributed by atoms with Crippen LogP contribution in [0.5, 0.6) is 0 Å². The molecule has 1 N–H and O–H groups in total. The zero-order valence-electron chi connectivity index (χ0n) is 11.0. The Labute approximate surface area is 103 Å². The third kappa shape index (κ3) is 3.20. The zero-order chi connectivity index (χ0) is 13.0. The molecule has 1 saturated carbocycles. The lowest BCUT2D eigenvalue weighted by atomic mass is 9.94. The van der Waals surface area contributed by atoms with Gasteiger partial charge in [-0.25, -0.2) is 0 Å². The van der Waals surface area contributed by atoms with Gasteiger partial charge in [-0.1, -0.05) is 13.3 Å². The summed E-state index contributed by atoms with van der Waals surface area (Å²) in [6, 6.07) is 0.150. The molecule has 2 atom stereocenters. The summed E-state index contributed by atoms with van der Waals surface area (Å²) in [6.45, 7) is 6.72. The third-order valence-electron chi connectivity index (χ3n) is 3.52. The second-order valence-electron chi connectivity index (χ2n) is 5.11. The van der Waals surface area contributed by atoms with Crippen molar-refractivity contribution in [1.82, 2.24) is 4.90 Å². The Morgan fingerprint density at radius 1 is 1.29 bits per heavy atom. The Kier molecular flexibility index (Phi) is 4.97. The van der Waals surface area contributed by atoms with Crippen molar-refractivity contribution in [2.24, 2.45) is 11.8 Å². The molecule has 1 aliphatic carbocycles. The third-order valence-corrected chi connectivity index (χ3v) is 3.52. The Morgan fingerprint density at radius 2 is 1.88 bits per heavy atom. The fourth-order valence-electron chi connectivity index (χ4n) is 2.63. The van der Waals surface area contributed by atoms with Crippen molar-refractivity contribution in [3.8, 4) is 0 Å². The van der Waals surface area contributed by atoms with Gasteiger partial charge in [0.2, 0.25) is 5.91 Å². The van der Waals surface area contributed by atoms with E-state index in [9.17, 15) is 9.59 Å². The van der Waals surface area contributed by atoms with E-state index in [1.165, 1.54) is 0 Å². The normalized spacial score (nSPS) is 24.0. The first kappa shape index (κ1) is 14.0. The van der Waals surface area contributed by atoms with Gasteiger partial charge in [-0.05, 0) is 33.1 Å². The van der Waals surface area contributed by atoms with E-state index >= 15 is 0 Å². The van der Waals surface area contributed by atoms with E-state index in [-0.39, 0.29) is 17.9 Å². The summed E-state index contributed by atoms with van der Waals surface area (Å²) >= 11 is 0. The first-order valence-electron chi connectivity index (χ1n) is 6.52. The highest BCUT2D eigenvalue weighted by atomic mass is 16.4. The summed E-state index contributed by atoms with van der Waals surface area (Å²) < 4.78 is 0. The Balaban J connectivity index is 2.75. The van der Waals surface area contributed by atoms with Crippen LogP contribution in [0.4, 0.5) is 0 Å². The number of carbonyl (C=O) groups is 2. The maximum atomic E-state index is 12.4. The van der Waals surface area contributed by atoms with E-state index in [1.807, 2.05) is 25.7 Å². The monoisotopic (exact) mass is 241 g/mol. The van der Waals surface area contributed by atoms with Crippen LogP contribution in [0.2, 0.25) is 0 Å². The number of hydrogen-bond acceptors (Lipinski definition) is 2. The fourth-order valence-corrected chi connectivity index (χ4v) is 2.63. The van der Waals surface area contributed by atoms with Crippen LogP contribution in [-0.4, -0.2) is 34.5 Å². The number of aliphatic carboxylic acids is 1. The Hall–Kier alpha value is -1.06. The van der Waals surface area contributed by atoms with Crippen LogP contribution < -0.4 is 0 Å². The van der Waals surface area contributed by atoms with Crippen molar-refractivity contribution in [3.05, 3.63) is 0 Å². The predicted octanol–water partition coefficient (Wildman–Crippen LogP) is 2.13. The lowest BCUT2D eigenvalue weighted by Gasteiger charge is -2.30. The highest BCUT2D eigenvalue weighted by Gasteiger charge is 2.39. The average molecular weight is 241 g/mol. The molecule has 0 radical (unpaired) electrons. The van der Waals surface area contributed by atoms with E-state index in [1.54, 1.807) is 0 Å². The van der Waals surface area contributed by atoms with Gasteiger partial charge in [0.05, 0.1) is 11.8 Å². The van der Waals surface area contributed by atoms with Crippen molar-refractivity contribution in [2.75, 3.05) is 6.54 Å². The van der Waals surface area contributed by atoms with Gasteiger partial charge >= 0.3 is 5.97 Å². The Morgan fingerprint density at radius 3 is 2.35 bits per heavy atom. The van der Waals surface area contributed by atoms with Crippen LogP contribution in [0.1, 0.15) is 46.5 Å². The SMILES string of the molecule is CCCN(C(=O)[C@@H]1CCC[C@@H]1C(=O)O)C(C)C. The minimum atomic E-state index is -0.818. The zero-order valence-corrected chi connectivity index (χ0v) is 11.0. The predicted molar refractivity (Wildman–Crippen MR) is 65.6 cm³/mol. The molecule has 0 bridgehead atoms. The number of carboxylic acid groups (broad SMARTS) is 1. The molecule has 1 aliphatic rings. The first-order valence-corrected chi connectivity index (χ1v) is 6.52. The molecule has 0 aromatic carbocycles. The van der Waals surface area contributed by atoms with Crippen LogP contribution in [-0.2, 0) is 9.59 Å². The van der Waals surface area contributed by atoms with E-state index < -0.39 is 11.9 Å². The molecule has 4 nitrogen and oxygen atoms in total. The second kappa shape index (κ2) is 6.03. The smallest absolute Gasteiger partial charge is 0.307 e.